The van der Waals surface area contributed by atoms with Gasteiger partial charge in [0, 0.05) is 39.6 Å². The van der Waals surface area contributed by atoms with Gasteiger partial charge in [-0.05, 0) is 76.8 Å². The highest BCUT2D eigenvalue weighted by atomic mass is 28.4. The second kappa shape index (κ2) is 24.0. The topological polar surface area (TPSA) is 64.6 Å². The Hall–Kier alpha value is 0.154. The fourth-order valence-corrected chi connectivity index (χ4v) is 12.9. The lowest BCUT2D eigenvalue weighted by atomic mass is 10.4. The first-order valence-corrected chi connectivity index (χ1v) is 21.2. The van der Waals surface area contributed by atoms with Crippen LogP contribution in [0.2, 0.25) is 38.3 Å². The van der Waals surface area contributed by atoms with Gasteiger partial charge in [0.2, 0.25) is 0 Å². The van der Waals surface area contributed by atoms with Crippen LogP contribution in [-0.4, -0.2) is 94.9 Å². The molecular weight excluding hydrogens is 504 g/mol. The Balaban J connectivity index is 4.35. The Morgan fingerprint density at radius 3 is 1.03 bits per heavy atom. The molecule has 0 N–H and O–H groups in total. The van der Waals surface area contributed by atoms with Crippen molar-refractivity contribution in [2.24, 2.45) is 0 Å². The number of rotatable bonds is 28. The van der Waals surface area contributed by atoms with E-state index < -0.39 is 16.6 Å². The summed E-state index contributed by atoms with van der Waals surface area (Å²) in [6.45, 7) is 24.8. The monoisotopic (exact) mass is 566 g/mol. The molecule has 37 heavy (non-hydrogen) atoms. The molecule has 224 valence electrons. The van der Waals surface area contributed by atoms with Crippen molar-refractivity contribution in [3.63, 3.8) is 0 Å². The van der Waals surface area contributed by atoms with Crippen molar-refractivity contribution >= 4 is 16.6 Å². The van der Waals surface area contributed by atoms with E-state index in [1.54, 1.807) is 0 Å². The summed E-state index contributed by atoms with van der Waals surface area (Å²) in [6, 6.07) is 2.20. The molecule has 0 fully saturated rings. The minimum Gasteiger partial charge on any atom is -0.455 e. The number of ether oxygens (including phenoxy) is 6. The molecule has 7 nitrogen and oxygen atoms in total. The van der Waals surface area contributed by atoms with Gasteiger partial charge in [-0.1, -0.05) is 27.7 Å². The van der Waals surface area contributed by atoms with Crippen molar-refractivity contribution in [3.05, 3.63) is 0 Å². The van der Waals surface area contributed by atoms with Crippen LogP contribution in [0.5, 0.6) is 0 Å². The van der Waals surface area contributed by atoms with Gasteiger partial charge in [-0.2, -0.15) is 0 Å². The van der Waals surface area contributed by atoms with E-state index in [1.807, 2.05) is 0 Å². The highest BCUT2D eigenvalue weighted by Crippen LogP contribution is 2.24. The van der Waals surface area contributed by atoms with Gasteiger partial charge in [-0.25, -0.2) is 0 Å². The molecule has 0 atom stereocenters. The van der Waals surface area contributed by atoms with Gasteiger partial charge in [0.1, 0.15) is 12.2 Å². The fraction of sp³-hybridized carbons (Fsp3) is 1.00. The molecule has 0 aromatic rings. The van der Waals surface area contributed by atoms with Crippen LogP contribution in [0.25, 0.3) is 0 Å². The summed E-state index contributed by atoms with van der Waals surface area (Å²) in [5.41, 5.74) is 0. The molecule has 0 rings (SSSR count). The van der Waals surface area contributed by atoms with Crippen LogP contribution >= 0.6 is 0 Å². The van der Waals surface area contributed by atoms with Crippen LogP contribution in [0.15, 0.2) is 0 Å². The van der Waals surface area contributed by atoms with E-state index in [4.69, 9.17) is 32.5 Å². The summed E-state index contributed by atoms with van der Waals surface area (Å²) in [7, 11) is -3.52. The maximum atomic E-state index is 6.83. The van der Waals surface area contributed by atoms with Crippen LogP contribution in [0, 0.1) is 0 Å². The van der Waals surface area contributed by atoms with E-state index in [9.17, 15) is 0 Å². The maximum absolute atomic E-state index is 6.83. The van der Waals surface area contributed by atoms with Crippen molar-refractivity contribution in [1.82, 2.24) is 0 Å². The predicted octanol–water partition coefficient (Wildman–Crippen LogP) is 6.67. The van der Waals surface area contributed by atoms with Crippen molar-refractivity contribution in [3.8, 4) is 0 Å². The molecule has 0 radical (unpaired) electrons. The molecule has 0 heterocycles. The first kappa shape index (κ1) is 37.2. The second-order valence-corrected chi connectivity index (χ2v) is 20.0. The molecule has 0 bridgehead atoms. The zero-order chi connectivity index (χ0) is 27.8. The van der Waals surface area contributed by atoms with Crippen LogP contribution in [0.4, 0.5) is 0 Å². The van der Waals surface area contributed by atoms with Crippen LogP contribution in [-0.2, 0) is 32.5 Å². The normalized spacial score (nSPS) is 12.8. The Kier molecular flexibility index (Phi) is 24.1. The lowest BCUT2D eigenvalue weighted by Gasteiger charge is -2.34. The summed E-state index contributed by atoms with van der Waals surface area (Å²) in [6.07, 6.45) is 6.14. The summed E-state index contributed by atoms with van der Waals surface area (Å²) >= 11 is 0. The van der Waals surface area contributed by atoms with Gasteiger partial charge in [-0.3, -0.25) is 0 Å². The average molecular weight is 567 g/mol. The number of hydrogen-bond donors (Lipinski definition) is 0. The van der Waals surface area contributed by atoms with Gasteiger partial charge in [0.15, 0.2) is 16.6 Å². The largest absolute Gasteiger partial charge is 0.455 e. The third-order valence-electron chi connectivity index (χ3n) is 5.71. The first-order valence-electron chi connectivity index (χ1n) is 14.9. The van der Waals surface area contributed by atoms with E-state index in [2.05, 4.69) is 53.9 Å². The lowest BCUT2D eigenvalue weighted by molar-refractivity contribution is -0.0597. The Bertz CT molecular complexity index is 433. The van der Waals surface area contributed by atoms with Gasteiger partial charge >= 0.3 is 0 Å². The summed E-state index contributed by atoms with van der Waals surface area (Å²) in [5.74, 6) is 0. The van der Waals surface area contributed by atoms with Crippen LogP contribution in [0.3, 0.4) is 0 Å². The Labute approximate surface area is 231 Å². The molecule has 0 aliphatic rings. The summed E-state index contributed by atoms with van der Waals surface area (Å²) in [4.78, 5) is 0. The molecule has 0 aromatic heterocycles. The molecule has 0 amide bonds. The van der Waals surface area contributed by atoms with Gasteiger partial charge in [0.25, 0.3) is 0 Å². The minimum atomic E-state index is -1.76. The summed E-state index contributed by atoms with van der Waals surface area (Å²) in [5, 5.41) is 0. The van der Waals surface area contributed by atoms with E-state index in [1.165, 1.54) is 0 Å². The summed E-state index contributed by atoms with van der Waals surface area (Å²) < 4.78 is 41.9. The predicted molar refractivity (Wildman–Crippen MR) is 159 cm³/mol. The average Bonchev–Trinajstić information content (AvgIpc) is 2.83. The fourth-order valence-electron chi connectivity index (χ4n) is 4.07. The molecular formula is C28H62O7Si2. The second-order valence-electron chi connectivity index (χ2n) is 11.1. The third kappa shape index (κ3) is 23.7. The quantitative estimate of drug-likeness (QED) is 0.0774. The Morgan fingerprint density at radius 1 is 0.459 bits per heavy atom. The van der Waals surface area contributed by atoms with Gasteiger partial charge in [0.05, 0.1) is 26.4 Å². The van der Waals surface area contributed by atoms with E-state index in [-0.39, 0.29) is 12.2 Å². The molecule has 0 saturated heterocycles. The van der Waals surface area contributed by atoms with E-state index >= 15 is 0 Å². The highest BCUT2D eigenvalue weighted by molar-refractivity contribution is 6.84. The first-order chi connectivity index (χ1) is 17.7. The van der Waals surface area contributed by atoms with Crippen molar-refractivity contribution in [2.45, 2.75) is 117 Å². The highest BCUT2D eigenvalue weighted by Gasteiger charge is 2.32. The maximum Gasteiger partial charge on any atom is 0.173 e. The zero-order valence-electron chi connectivity index (χ0n) is 25.7. The van der Waals surface area contributed by atoms with Crippen molar-refractivity contribution < 1.29 is 32.5 Å². The SMILES string of the molecule is CCCOCC(COCCC)OCCC[Si](C)(C)O[Si](C)(C)CCCOC(COCCC)COCCC. The van der Waals surface area contributed by atoms with Gasteiger partial charge in [-0.15, -0.1) is 0 Å². The smallest absolute Gasteiger partial charge is 0.173 e. The van der Waals surface area contributed by atoms with Crippen molar-refractivity contribution in [2.75, 3.05) is 66.1 Å². The molecule has 0 spiro atoms. The standard InChI is InChI=1S/C28H62O7Si2/c1-9-15-29-23-27(24-30-16-10-2)33-19-13-21-36(5,6)35-37(7,8)22-14-20-34-28(25-31-17-11-3)26-32-18-12-4/h27-28H,9-26H2,1-8H3. The minimum absolute atomic E-state index is 0.0122. The number of hydrogen-bond acceptors (Lipinski definition) is 7. The molecule has 0 aliphatic carbocycles. The van der Waals surface area contributed by atoms with Crippen LogP contribution < -0.4 is 0 Å². The van der Waals surface area contributed by atoms with Gasteiger partial charge < -0.3 is 32.5 Å². The zero-order valence-corrected chi connectivity index (χ0v) is 27.7. The van der Waals surface area contributed by atoms with Crippen molar-refractivity contribution in [1.29, 1.82) is 0 Å². The molecule has 9 heteroatoms. The Morgan fingerprint density at radius 2 is 0.757 bits per heavy atom. The van der Waals surface area contributed by atoms with E-state index in [0.717, 1.165) is 90.3 Å². The molecule has 0 aromatic carbocycles. The van der Waals surface area contributed by atoms with E-state index in [0.29, 0.717) is 26.4 Å². The molecule has 0 aliphatic heterocycles. The molecule has 0 unspecified atom stereocenters. The lowest BCUT2D eigenvalue weighted by Crippen LogP contribution is -2.44. The third-order valence-corrected chi connectivity index (χ3v) is 13.3. The van der Waals surface area contributed by atoms with Crippen LogP contribution in [0.1, 0.15) is 66.2 Å². The molecule has 0 saturated carbocycles.